The maximum Gasteiger partial charge on any atom is 0.211 e. The van der Waals surface area contributed by atoms with Gasteiger partial charge in [-0.3, -0.25) is 0 Å². The van der Waals surface area contributed by atoms with Gasteiger partial charge in [-0.15, -0.1) is 5.10 Å². The van der Waals surface area contributed by atoms with Crippen LogP contribution in [0.4, 0.5) is 5.69 Å². The molecule has 0 radical (unpaired) electrons. The predicted molar refractivity (Wildman–Crippen MR) is 79.0 cm³/mol. The highest BCUT2D eigenvalue weighted by Crippen LogP contribution is 2.27. The Morgan fingerprint density at radius 2 is 2.00 bits per heavy atom. The molecule has 1 aromatic rings. The Morgan fingerprint density at radius 3 is 2.67 bits per heavy atom. The summed E-state index contributed by atoms with van der Waals surface area (Å²) in [7, 11) is 0. The average Bonchev–Trinajstić information content (AvgIpc) is 2.84. The van der Waals surface area contributed by atoms with Gasteiger partial charge in [0.1, 0.15) is 0 Å². The predicted octanol–water partition coefficient (Wildman–Crippen LogP) is 1.66. The van der Waals surface area contributed by atoms with Crippen LogP contribution in [0, 0.1) is 0 Å². The highest BCUT2D eigenvalue weighted by molar-refractivity contribution is 9.10. The molecule has 1 fully saturated rings. The van der Waals surface area contributed by atoms with Crippen molar-refractivity contribution in [1.29, 1.82) is 0 Å². The van der Waals surface area contributed by atoms with Crippen molar-refractivity contribution in [2.75, 3.05) is 18.0 Å². The third-order valence-corrected chi connectivity index (χ3v) is 3.30. The molecule has 1 aliphatic heterocycles. The van der Waals surface area contributed by atoms with E-state index in [0.29, 0.717) is 0 Å². The minimum absolute atomic E-state index is 0.0360. The molecule has 0 unspecified atom stereocenters. The van der Waals surface area contributed by atoms with E-state index in [4.69, 9.17) is 11.5 Å². The molecule has 2 rings (SSSR count). The molecule has 4 N–H and O–H groups in total. The van der Waals surface area contributed by atoms with E-state index in [1.807, 2.05) is 12.1 Å². The van der Waals surface area contributed by atoms with Crippen LogP contribution < -0.4 is 16.4 Å². The second-order valence-electron chi connectivity index (χ2n) is 4.17. The van der Waals surface area contributed by atoms with Crippen molar-refractivity contribution in [1.82, 2.24) is 0 Å². The molecule has 1 heterocycles. The molecule has 0 saturated carbocycles. The molecule has 0 amide bonds. The van der Waals surface area contributed by atoms with E-state index in [1.165, 1.54) is 12.8 Å². The number of guanidine groups is 1. The number of hydrogen-bond donors (Lipinski definition) is 2. The Balaban J connectivity index is 2.28. The quantitative estimate of drug-likeness (QED) is 0.506. The van der Waals surface area contributed by atoms with Gasteiger partial charge in [0.05, 0.1) is 6.21 Å². The molecule has 5 nitrogen and oxygen atoms in total. The van der Waals surface area contributed by atoms with Crippen LogP contribution in [0.15, 0.2) is 32.9 Å². The van der Waals surface area contributed by atoms with Crippen LogP contribution in [0.3, 0.4) is 0 Å². The Kier molecular flexibility index (Phi) is 4.19. The van der Waals surface area contributed by atoms with Crippen LogP contribution >= 0.6 is 15.9 Å². The van der Waals surface area contributed by atoms with Gasteiger partial charge in [0.15, 0.2) is 0 Å². The molecule has 18 heavy (non-hydrogen) atoms. The van der Waals surface area contributed by atoms with Crippen LogP contribution in [0.5, 0.6) is 0 Å². The van der Waals surface area contributed by atoms with Gasteiger partial charge in [0.25, 0.3) is 0 Å². The topological polar surface area (TPSA) is 80.0 Å². The van der Waals surface area contributed by atoms with Crippen molar-refractivity contribution in [3.05, 3.63) is 28.2 Å². The van der Waals surface area contributed by atoms with Gasteiger partial charge in [0, 0.05) is 28.8 Å². The Bertz CT molecular complexity index is 473. The largest absolute Gasteiger partial charge is 0.371 e. The van der Waals surface area contributed by atoms with E-state index in [9.17, 15) is 0 Å². The Hall–Kier alpha value is -1.56. The van der Waals surface area contributed by atoms with Gasteiger partial charge >= 0.3 is 0 Å². The van der Waals surface area contributed by atoms with Crippen LogP contribution in [0.2, 0.25) is 0 Å². The summed E-state index contributed by atoms with van der Waals surface area (Å²) in [5.74, 6) is -0.0360. The summed E-state index contributed by atoms with van der Waals surface area (Å²) >= 11 is 3.50. The second kappa shape index (κ2) is 5.86. The first kappa shape index (κ1) is 12.9. The summed E-state index contributed by atoms with van der Waals surface area (Å²) in [5, 5.41) is 7.50. The summed E-state index contributed by atoms with van der Waals surface area (Å²) in [6.45, 7) is 2.17. The molecular weight excluding hydrogens is 294 g/mol. The molecular formula is C12H16BrN5. The van der Waals surface area contributed by atoms with Gasteiger partial charge in [-0.2, -0.15) is 5.10 Å². The Morgan fingerprint density at radius 1 is 1.28 bits per heavy atom. The van der Waals surface area contributed by atoms with E-state index in [-0.39, 0.29) is 5.96 Å². The maximum atomic E-state index is 5.24. The summed E-state index contributed by atoms with van der Waals surface area (Å²) in [6.07, 6.45) is 4.15. The first-order valence-corrected chi connectivity index (χ1v) is 6.62. The van der Waals surface area contributed by atoms with Gasteiger partial charge in [-0.25, -0.2) is 0 Å². The first-order chi connectivity index (χ1) is 8.66. The molecule has 0 spiro atoms. The number of rotatable bonds is 3. The third kappa shape index (κ3) is 3.22. The van der Waals surface area contributed by atoms with Gasteiger partial charge in [-0.1, -0.05) is 22.0 Å². The van der Waals surface area contributed by atoms with E-state index in [1.54, 1.807) is 6.21 Å². The fraction of sp³-hybridized carbons (Fsp3) is 0.333. The number of nitrogens with zero attached hydrogens (tertiary/aromatic N) is 3. The average molecular weight is 310 g/mol. The fourth-order valence-corrected chi connectivity index (χ4v) is 2.36. The second-order valence-corrected chi connectivity index (χ2v) is 5.08. The highest BCUT2D eigenvalue weighted by Gasteiger charge is 2.15. The zero-order valence-corrected chi connectivity index (χ0v) is 11.6. The number of hydrogen-bond acceptors (Lipinski definition) is 3. The normalized spacial score (nSPS) is 15.3. The summed E-state index contributed by atoms with van der Waals surface area (Å²) in [4.78, 5) is 2.35. The van der Waals surface area contributed by atoms with Crippen molar-refractivity contribution in [3.8, 4) is 0 Å². The van der Waals surface area contributed by atoms with Crippen molar-refractivity contribution >= 4 is 33.8 Å². The molecule has 6 heteroatoms. The number of benzene rings is 1. The van der Waals surface area contributed by atoms with E-state index in [2.05, 4.69) is 37.1 Å². The van der Waals surface area contributed by atoms with Crippen LogP contribution in [0.1, 0.15) is 18.4 Å². The van der Waals surface area contributed by atoms with Crippen LogP contribution in [-0.4, -0.2) is 25.3 Å². The SMILES string of the molecule is NC(N)=NN=Cc1ccc(Br)cc1N1CCCC1. The lowest BCUT2D eigenvalue weighted by Crippen LogP contribution is -2.22. The zero-order valence-electron chi connectivity index (χ0n) is 10.0. The molecule has 1 aliphatic rings. The molecule has 1 saturated heterocycles. The zero-order chi connectivity index (χ0) is 13.0. The van der Waals surface area contributed by atoms with Crippen molar-refractivity contribution < 1.29 is 0 Å². The van der Waals surface area contributed by atoms with Crippen molar-refractivity contribution in [2.45, 2.75) is 12.8 Å². The van der Waals surface area contributed by atoms with Crippen LogP contribution in [0.25, 0.3) is 0 Å². The molecule has 96 valence electrons. The maximum absolute atomic E-state index is 5.24. The lowest BCUT2D eigenvalue weighted by molar-refractivity contribution is 0.949. The van der Waals surface area contributed by atoms with Crippen molar-refractivity contribution in [2.24, 2.45) is 21.7 Å². The molecule has 1 aromatic carbocycles. The molecule has 0 atom stereocenters. The van der Waals surface area contributed by atoms with E-state index in [0.717, 1.165) is 28.8 Å². The lowest BCUT2D eigenvalue weighted by atomic mass is 10.2. The minimum Gasteiger partial charge on any atom is -0.371 e. The van der Waals surface area contributed by atoms with Gasteiger partial charge in [-0.05, 0) is 25.0 Å². The first-order valence-electron chi connectivity index (χ1n) is 5.83. The lowest BCUT2D eigenvalue weighted by Gasteiger charge is -2.20. The smallest absolute Gasteiger partial charge is 0.211 e. The highest BCUT2D eigenvalue weighted by atomic mass is 79.9. The fourth-order valence-electron chi connectivity index (χ4n) is 2.02. The minimum atomic E-state index is -0.0360. The number of nitrogens with two attached hydrogens (primary N) is 2. The van der Waals surface area contributed by atoms with E-state index < -0.39 is 0 Å². The number of halogens is 1. The monoisotopic (exact) mass is 309 g/mol. The molecule has 0 aromatic heterocycles. The summed E-state index contributed by atoms with van der Waals surface area (Å²) in [6, 6.07) is 6.09. The standard InChI is InChI=1S/C12H16BrN5/c13-10-4-3-9(8-16-17-12(14)15)11(7-10)18-5-1-2-6-18/h3-4,7-8H,1-2,5-6H2,(H4,14,15,17). The molecule has 0 bridgehead atoms. The summed E-state index contributed by atoms with van der Waals surface area (Å²) in [5.41, 5.74) is 12.7. The van der Waals surface area contributed by atoms with Crippen LogP contribution in [-0.2, 0) is 0 Å². The van der Waals surface area contributed by atoms with Gasteiger partial charge < -0.3 is 16.4 Å². The van der Waals surface area contributed by atoms with Crippen molar-refractivity contribution in [3.63, 3.8) is 0 Å². The Labute approximate surface area is 115 Å². The van der Waals surface area contributed by atoms with Gasteiger partial charge in [0.2, 0.25) is 5.96 Å². The summed E-state index contributed by atoms with van der Waals surface area (Å²) < 4.78 is 1.06. The number of anilines is 1. The van der Waals surface area contributed by atoms with E-state index >= 15 is 0 Å². The third-order valence-electron chi connectivity index (χ3n) is 2.81. The molecule has 0 aliphatic carbocycles.